The Morgan fingerprint density at radius 3 is 2.71 bits per heavy atom. The second-order valence-electron chi connectivity index (χ2n) is 4.48. The van der Waals surface area contributed by atoms with E-state index < -0.39 is 0 Å². The molecule has 0 aliphatic rings. The van der Waals surface area contributed by atoms with Crippen molar-refractivity contribution in [3.8, 4) is 0 Å². The van der Waals surface area contributed by atoms with Crippen molar-refractivity contribution in [3.05, 3.63) is 49.4 Å². The van der Waals surface area contributed by atoms with Gasteiger partial charge in [-0.25, -0.2) is 9.97 Å². The summed E-state index contributed by atoms with van der Waals surface area (Å²) in [5.74, 6) is 1.67. The van der Waals surface area contributed by atoms with E-state index in [9.17, 15) is 0 Å². The molecule has 1 N–H and O–H groups in total. The molecule has 4 nitrogen and oxygen atoms in total. The van der Waals surface area contributed by atoms with Crippen LogP contribution in [0.15, 0.2) is 28.7 Å². The van der Waals surface area contributed by atoms with E-state index in [4.69, 9.17) is 4.74 Å². The summed E-state index contributed by atoms with van der Waals surface area (Å²) >= 11 is 5.83. The van der Waals surface area contributed by atoms with Crippen LogP contribution in [0.4, 0.5) is 5.82 Å². The highest BCUT2D eigenvalue weighted by molar-refractivity contribution is 14.1. The number of aromatic nitrogens is 2. The van der Waals surface area contributed by atoms with Gasteiger partial charge in [0.25, 0.3) is 0 Å². The van der Waals surface area contributed by atoms with E-state index in [-0.39, 0.29) is 0 Å². The van der Waals surface area contributed by atoms with Gasteiger partial charge >= 0.3 is 0 Å². The molecule has 0 aliphatic heterocycles. The van der Waals surface area contributed by atoms with E-state index in [1.54, 1.807) is 7.11 Å². The number of ether oxygens (including phenoxy) is 1. The first-order chi connectivity index (χ1) is 10.2. The predicted octanol–water partition coefficient (Wildman–Crippen LogP) is 4.01. The van der Waals surface area contributed by atoms with Crippen molar-refractivity contribution in [3.63, 3.8) is 0 Å². The zero-order valence-corrected chi connectivity index (χ0v) is 15.7. The lowest BCUT2D eigenvalue weighted by molar-refractivity contribution is 0.180. The number of methoxy groups -OCH3 is 1. The lowest BCUT2D eigenvalue weighted by Gasteiger charge is -2.12. The first-order valence-electron chi connectivity index (χ1n) is 6.67. The highest BCUT2D eigenvalue weighted by atomic mass is 127. The number of hydrogen-bond donors (Lipinski definition) is 1. The molecule has 1 aromatic heterocycles. The largest absolute Gasteiger partial charge is 0.378 e. The summed E-state index contributed by atoms with van der Waals surface area (Å²) < 4.78 is 7.33. The summed E-state index contributed by atoms with van der Waals surface area (Å²) in [5.41, 5.74) is 2.09. The van der Waals surface area contributed by atoms with Crippen molar-refractivity contribution in [1.29, 1.82) is 0 Å². The minimum Gasteiger partial charge on any atom is -0.378 e. The monoisotopic (exact) mass is 461 g/mol. The van der Waals surface area contributed by atoms with Crippen molar-refractivity contribution in [2.45, 2.75) is 20.0 Å². The smallest absolute Gasteiger partial charge is 0.143 e. The van der Waals surface area contributed by atoms with Crippen LogP contribution in [0, 0.1) is 3.57 Å². The van der Waals surface area contributed by atoms with Gasteiger partial charge in [0.1, 0.15) is 11.6 Å². The molecule has 1 heterocycles. The predicted molar refractivity (Wildman–Crippen MR) is 96.6 cm³/mol. The average molecular weight is 462 g/mol. The van der Waals surface area contributed by atoms with Crippen LogP contribution in [0.5, 0.6) is 0 Å². The Labute approximate surface area is 147 Å². The van der Waals surface area contributed by atoms with E-state index in [1.807, 2.05) is 18.2 Å². The van der Waals surface area contributed by atoms with Gasteiger partial charge in [0.2, 0.25) is 0 Å². The van der Waals surface area contributed by atoms with Crippen molar-refractivity contribution >= 4 is 44.3 Å². The van der Waals surface area contributed by atoms with Gasteiger partial charge in [-0.05, 0) is 41.1 Å². The first-order valence-corrected chi connectivity index (χ1v) is 8.54. The summed E-state index contributed by atoms with van der Waals surface area (Å²) in [5, 5.41) is 3.29. The molecule has 112 valence electrons. The fourth-order valence-electron chi connectivity index (χ4n) is 1.95. The standard InChI is InChI=1S/C15H17BrIN3O/c1-3-18-15-14(17)12(9-21-2)19-13(20-15)8-10-6-4-5-7-11(10)16/h4-7H,3,8-9H2,1-2H3,(H,18,19,20). The normalized spacial score (nSPS) is 10.7. The van der Waals surface area contributed by atoms with Gasteiger partial charge in [-0.3, -0.25) is 0 Å². The molecule has 0 atom stereocenters. The summed E-state index contributed by atoms with van der Waals surface area (Å²) in [6.45, 7) is 3.37. The van der Waals surface area contributed by atoms with Crippen LogP contribution in [0.3, 0.4) is 0 Å². The summed E-state index contributed by atoms with van der Waals surface area (Å²) in [6, 6.07) is 8.13. The quantitative estimate of drug-likeness (QED) is 0.660. The summed E-state index contributed by atoms with van der Waals surface area (Å²) in [7, 11) is 1.68. The van der Waals surface area contributed by atoms with Crippen LogP contribution >= 0.6 is 38.5 Å². The maximum Gasteiger partial charge on any atom is 0.143 e. The Hall–Kier alpha value is -0.730. The number of nitrogens with one attached hydrogen (secondary N) is 1. The van der Waals surface area contributed by atoms with Crippen molar-refractivity contribution in [2.75, 3.05) is 19.0 Å². The third-order valence-corrected chi connectivity index (χ3v) is 4.80. The van der Waals surface area contributed by atoms with Gasteiger partial charge in [0, 0.05) is 24.5 Å². The second kappa shape index (κ2) is 8.05. The van der Waals surface area contributed by atoms with Crippen LogP contribution < -0.4 is 5.32 Å². The zero-order chi connectivity index (χ0) is 15.2. The molecule has 0 unspecified atom stereocenters. The Balaban J connectivity index is 2.36. The maximum absolute atomic E-state index is 5.24. The van der Waals surface area contributed by atoms with Crippen LogP contribution in [0.25, 0.3) is 0 Å². The SMILES string of the molecule is CCNc1nc(Cc2ccccc2Br)nc(COC)c1I. The van der Waals surface area contributed by atoms with E-state index in [0.29, 0.717) is 13.0 Å². The topological polar surface area (TPSA) is 47.0 Å². The summed E-state index contributed by atoms with van der Waals surface area (Å²) in [4.78, 5) is 9.27. The molecule has 0 radical (unpaired) electrons. The minimum absolute atomic E-state index is 0.488. The Bertz CT molecular complexity index is 595. The lowest BCUT2D eigenvalue weighted by Crippen LogP contribution is -2.11. The number of benzene rings is 1. The Morgan fingerprint density at radius 2 is 2.05 bits per heavy atom. The number of hydrogen-bond acceptors (Lipinski definition) is 4. The molecular formula is C15H17BrIN3O. The molecule has 2 aromatic rings. The van der Waals surface area contributed by atoms with E-state index in [2.05, 4.69) is 66.8 Å². The molecule has 0 fully saturated rings. The minimum atomic E-state index is 0.488. The number of rotatable bonds is 6. The van der Waals surface area contributed by atoms with Crippen LogP contribution in [0.1, 0.15) is 24.0 Å². The fraction of sp³-hybridized carbons (Fsp3) is 0.333. The van der Waals surface area contributed by atoms with Crippen LogP contribution in [-0.2, 0) is 17.8 Å². The molecule has 0 bridgehead atoms. The van der Waals surface area contributed by atoms with Gasteiger partial charge in [0.15, 0.2) is 0 Å². The van der Waals surface area contributed by atoms with Crippen molar-refractivity contribution in [2.24, 2.45) is 0 Å². The molecule has 0 amide bonds. The fourth-order valence-corrected chi connectivity index (χ4v) is 2.97. The molecule has 1 aromatic carbocycles. The molecule has 0 saturated heterocycles. The third-order valence-electron chi connectivity index (χ3n) is 2.90. The van der Waals surface area contributed by atoms with E-state index in [1.165, 1.54) is 5.56 Å². The zero-order valence-electron chi connectivity index (χ0n) is 12.0. The van der Waals surface area contributed by atoms with Gasteiger partial charge < -0.3 is 10.1 Å². The third kappa shape index (κ3) is 4.37. The molecule has 0 spiro atoms. The van der Waals surface area contributed by atoms with E-state index in [0.717, 1.165) is 31.9 Å². The average Bonchev–Trinajstić information content (AvgIpc) is 2.47. The van der Waals surface area contributed by atoms with Gasteiger partial charge in [-0.15, -0.1) is 0 Å². The molecule has 21 heavy (non-hydrogen) atoms. The molecule has 6 heteroatoms. The molecule has 0 aliphatic carbocycles. The molecule has 0 saturated carbocycles. The van der Waals surface area contributed by atoms with Gasteiger partial charge in [-0.2, -0.15) is 0 Å². The van der Waals surface area contributed by atoms with E-state index >= 15 is 0 Å². The number of halogens is 2. The highest BCUT2D eigenvalue weighted by Gasteiger charge is 2.13. The number of anilines is 1. The Morgan fingerprint density at radius 1 is 1.29 bits per heavy atom. The Kier molecular flexibility index (Phi) is 6.38. The second-order valence-corrected chi connectivity index (χ2v) is 6.41. The van der Waals surface area contributed by atoms with Gasteiger partial charge in [-0.1, -0.05) is 34.1 Å². The molecule has 2 rings (SSSR count). The first kappa shape index (κ1) is 16.6. The van der Waals surface area contributed by atoms with Crippen molar-refractivity contribution < 1.29 is 4.74 Å². The van der Waals surface area contributed by atoms with Crippen LogP contribution in [-0.4, -0.2) is 23.6 Å². The van der Waals surface area contributed by atoms with Crippen LogP contribution in [0.2, 0.25) is 0 Å². The number of nitrogens with zero attached hydrogens (tertiary/aromatic N) is 2. The van der Waals surface area contributed by atoms with Gasteiger partial charge in [0.05, 0.1) is 15.9 Å². The molecular weight excluding hydrogens is 445 g/mol. The highest BCUT2D eigenvalue weighted by Crippen LogP contribution is 2.23. The van der Waals surface area contributed by atoms with Crippen molar-refractivity contribution in [1.82, 2.24) is 9.97 Å². The lowest BCUT2D eigenvalue weighted by atomic mass is 10.1. The maximum atomic E-state index is 5.24. The summed E-state index contributed by atoms with van der Waals surface area (Å²) in [6.07, 6.45) is 0.688.